The van der Waals surface area contributed by atoms with Crippen LogP contribution in [0.15, 0.2) is 30.3 Å². The Balaban J connectivity index is 2.14. The van der Waals surface area contributed by atoms with Crippen LogP contribution in [0.1, 0.15) is 27.3 Å². The Kier molecular flexibility index (Phi) is 3.43. The molecule has 1 aromatic carbocycles. The molecule has 2 nitrogen and oxygen atoms in total. The van der Waals surface area contributed by atoms with Gasteiger partial charge in [0.05, 0.1) is 0 Å². The van der Waals surface area contributed by atoms with Gasteiger partial charge in [-0.15, -0.1) is 0 Å². The number of benzene rings is 1. The fraction of sp³-hybridized carbons (Fsp3) is 0.267. The number of rotatable bonds is 4. The lowest BCUT2D eigenvalue weighted by atomic mass is 10.1. The van der Waals surface area contributed by atoms with Gasteiger partial charge in [-0.2, -0.15) is 0 Å². The molecule has 0 amide bonds. The van der Waals surface area contributed by atoms with Crippen LogP contribution in [-0.2, 0) is 13.0 Å². The van der Waals surface area contributed by atoms with Crippen molar-refractivity contribution in [2.75, 3.05) is 0 Å². The summed E-state index contributed by atoms with van der Waals surface area (Å²) in [7, 11) is 0. The van der Waals surface area contributed by atoms with E-state index in [2.05, 4.69) is 22.8 Å². The molecule has 2 aromatic rings. The summed E-state index contributed by atoms with van der Waals surface area (Å²) in [6.45, 7) is 4.86. The summed E-state index contributed by atoms with van der Waals surface area (Å²) in [4.78, 5) is 10.8. The van der Waals surface area contributed by atoms with Crippen LogP contribution in [0.2, 0.25) is 0 Å². The highest BCUT2D eigenvalue weighted by Crippen LogP contribution is 2.13. The molecule has 0 saturated heterocycles. The number of hydrogen-bond donors (Lipinski definition) is 0. The molecule has 0 fully saturated rings. The van der Waals surface area contributed by atoms with Crippen LogP contribution in [-0.4, -0.2) is 10.9 Å². The molecule has 2 rings (SSSR count). The predicted molar refractivity (Wildman–Crippen MR) is 68.3 cm³/mol. The van der Waals surface area contributed by atoms with Crippen LogP contribution in [0, 0.1) is 19.9 Å². The molecule has 0 unspecified atom stereocenters. The first-order valence-corrected chi connectivity index (χ1v) is 5.80. The van der Waals surface area contributed by atoms with Crippen LogP contribution in [0.25, 0.3) is 0 Å². The second-order valence-corrected chi connectivity index (χ2v) is 4.21. The van der Waals surface area contributed by atoms with Crippen molar-refractivity contribution >= 4 is 6.29 Å². The van der Waals surface area contributed by atoms with Gasteiger partial charge in [0.25, 0.3) is 0 Å². The zero-order chi connectivity index (χ0) is 12.3. The van der Waals surface area contributed by atoms with E-state index in [1.54, 1.807) is 0 Å². The van der Waals surface area contributed by atoms with Gasteiger partial charge in [0, 0.05) is 29.6 Å². The van der Waals surface area contributed by atoms with Gasteiger partial charge in [-0.25, -0.2) is 0 Å². The fourth-order valence-corrected chi connectivity index (χ4v) is 2.09. The van der Waals surface area contributed by atoms with E-state index in [1.165, 1.54) is 5.56 Å². The minimum absolute atomic E-state index is 0.676. The van der Waals surface area contributed by atoms with Gasteiger partial charge in [-0.3, -0.25) is 4.79 Å². The smallest absolute Gasteiger partial charge is 0.152 e. The van der Waals surface area contributed by atoms with Crippen molar-refractivity contribution in [1.82, 2.24) is 4.57 Å². The molecule has 0 aliphatic carbocycles. The molecule has 0 bridgehead atoms. The number of aryl methyl sites for hydroxylation is 2. The van der Waals surface area contributed by atoms with E-state index in [0.29, 0.717) is 5.56 Å². The third kappa shape index (κ3) is 2.47. The van der Waals surface area contributed by atoms with Gasteiger partial charge >= 0.3 is 0 Å². The zero-order valence-electron chi connectivity index (χ0n) is 10.2. The average molecular weight is 226 g/mol. The molecule has 0 spiro atoms. The molecule has 87 valence electrons. The van der Waals surface area contributed by atoms with E-state index in [-0.39, 0.29) is 0 Å². The lowest BCUT2D eigenvalue weighted by molar-refractivity contribution is 0.112. The Morgan fingerprint density at radius 1 is 1.24 bits per heavy atom. The molecule has 1 aromatic heterocycles. The van der Waals surface area contributed by atoms with Gasteiger partial charge in [-0.1, -0.05) is 30.3 Å². The quantitative estimate of drug-likeness (QED) is 0.735. The molecule has 0 aliphatic rings. The van der Waals surface area contributed by atoms with Gasteiger partial charge < -0.3 is 4.57 Å². The number of carbonyl (C=O) groups is 1. The first kappa shape index (κ1) is 11.6. The molecule has 0 N–H and O–H groups in total. The van der Waals surface area contributed by atoms with Gasteiger partial charge in [0.15, 0.2) is 6.29 Å². The van der Waals surface area contributed by atoms with Crippen molar-refractivity contribution in [3.63, 3.8) is 0 Å². The van der Waals surface area contributed by atoms with Crippen LogP contribution in [0.3, 0.4) is 0 Å². The van der Waals surface area contributed by atoms with E-state index in [1.807, 2.05) is 32.0 Å². The maximum Gasteiger partial charge on any atom is 0.152 e. The van der Waals surface area contributed by atoms with Crippen molar-refractivity contribution in [3.8, 4) is 0 Å². The lowest BCUT2D eigenvalue weighted by Gasteiger charge is -2.09. The monoisotopic (exact) mass is 226 g/mol. The maximum absolute atomic E-state index is 10.8. The molecular formula is C15H16NO. The third-order valence-corrected chi connectivity index (χ3v) is 3.10. The second-order valence-electron chi connectivity index (χ2n) is 4.21. The van der Waals surface area contributed by atoms with Crippen LogP contribution >= 0.6 is 0 Å². The van der Waals surface area contributed by atoms with Crippen LogP contribution < -0.4 is 0 Å². The topological polar surface area (TPSA) is 22.0 Å². The number of hydrogen-bond acceptors (Lipinski definition) is 1. The summed E-state index contributed by atoms with van der Waals surface area (Å²) in [5.41, 5.74) is 4.03. The number of nitrogens with zero attached hydrogens (tertiary/aromatic N) is 1. The van der Waals surface area contributed by atoms with E-state index in [4.69, 9.17) is 0 Å². The summed E-state index contributed by atoms with van der Waals surface area (Å²) in [5, 5.41) is 0. The van der Waals surface area contributed by atoms with Crippen molar-refractivity contribution in [3.05, 3.63) is 58.9 Å². The zero-order valence-corrected chi connectivity index (χ0v) is 10.2. The van der Waals surface area contributed by atoms with Crippen molar-refractivity contribution in [2.24, 2.45) is 0 Å². The summed E-state index contributed by atoms with van der Waals surface area (Å²) in [5.74, 6) is 0. The van der Waals surface area contributed by atoms with E-state index in [0.717, 1.165) is 30.6 Å². The standard InChI is InChI=1S/C15H16NO/c1-12-10-15(11-17)13(2)16(12)9-8-14-6-4-3-5-7-14/h3-7,11H,8-9H2,1-2H3. The number of aldehydes is 1. The molecular weight excluding hydrogens is 210 g/mol. The Labute approximate surface area is 102 Å². The van der Waals surface area contributed by atoms with Crippen molar-refractivity contribution in [1.29, 1.82) is 0 Å². The Bertz CT molecular complexity index is 511. The lowest BCUT2D eigenvalue weighted by Crippen LogP contribution is -2.05. The highest BCUT2D eigenvalue weighted by atomic mass is 16.1. The molecule has 2 heteroatoms. The van der Waals surface area contributed by atoms with Crippen molar-refractivity contribution in [2.45, 2.75) is 26.8 Å². The highest BCUT2D eigenvalue weighted by Gasteiger charge is 2.08. The first-order valence-electron chi connectivity index (χ1n) is 5.80. The van der Waals surface area contributed by atoms with Crippen LogP contribution in [0.4, 0.5) is 0 Å². The molecule has 1 heterocycles. The predicted octanol–water partition coefficient (Wildman–Crippen LogP) is 2.96. The normalized spacial score (nSPS) is 10.5. The van der Waals surface area contributed by atoms with Crippen LogP contribution in [0.5, 0.6) is 0 Å². The third-order valence-electron chi connectivity index (χ3n) is 3.10. The van der Waals surface area contributed by atoms with E-state index < -0.39 is 0 Å². The Hall–Kier alpha value is -1.83. The minimum atomic E-state index is 0.676. The number of aromatic nitrogens is 1. The molecule has 0 saturated carbocycles. The van der Waals surface area contributed by atoms with E-state index in [9.17, 15) is 4.79 Å². The molecule has 17 heavy (non-hydrogen) atoms. The van der Waals surface area contributed by atoms with Gasteiger partial charge in [-0.05, 0) is 25.8 Å². The summed E-state index contributed by atoms with van der Waals surface area (Å²) >= 11 is 0. The second kappa shape index (κ2) is 5.00. The Morgan fingerprint density at radius 3 is 2.53 bits per heavy atom. The van der Waals surface area contributed by atoms with Gasteiger partial charge in [0.2, 0.25) is 0 Å². The summed E-state index contributed by atoms with van der Waals surface area (Å²) in [6.07, 6.45) is 1.85. The Morgan fingerprint density at radius 2 is 1.94 bits per heavy atom. The van der Waals surface area contributed by atoms with Gasteiger partial charge in [0.1, 0.15) is 0 Å². The number of carbonyl (C=O) groups excluding carboxylic acids is 1. The minimum Gasteiger partial charge on any atom is -0.347 e. The fourth-order valence-electron chi connectivity index (χ4n) is 2.09. The molecule has 1 radical (unpaired) electrons. The summed E-state index contributed by atoms with van der Waals surface area (Å²) < 4.78 is 2.15. The SMILES string of the molecule is Cc1[c]c(C=O)c(C)n1CCc1ccccc1. The maximum atomic E-state index is 10.8. The summed E-state index contributed by atoms with van der Waals surface area (Å²) in [6, 6.07) is 13.5. The van der Waals surface area contributed by atoms with Crippen molar-refractivity contribution < 1.29 is 4.79 Å². The molecule has 0 aliphatic heterocycles. The first-order chi connectivity index (χ1) is 8.22. The largest absolute Gasteiger partial charge is 0.347 e. The molecule has 0 atom stereocenters. The average Bonchev–Trinajstić information content (AvgIpc) is 2.63. The van der Waals surface area contributed by atoms with E-state index >= 15 is 0 Å². The highest BCUT2D eigenvalue weighted by molar-refractivity contribution is 5.76.